The summed E-state index contributed by atoms with van der Waals surface area (Å²) in [5.74, 6) is -1.85. The van der Waals surface area contributed by atoms with E-state index in [0.717, 1.165) is 5.56 Å². The van der Waals surface area contributed by atoms with Crippen LogP contribution in [0.3, 0.4) is 0 Å². The Morgan fingerprint density at radius 2 is 1.86 bits per heavy atom. The maximum absolute atomic E-state index is 13.0. The van der Waals surface area contributed by atoms with Gasteiger partial charge in [0, 0.05) is 23.8 Å². The van der Waals surface area contributed by atoms with Crippen LogP contribution < -0.4 is 5.32 Å². The highest BCUT2D eigenvalue weighted by Crippen LogP contribution is 2.27. The zero-order valence-corrected chi connectivity index (χ0v) is 17.3. The Hall–Kier alpha value is -2.42. The number of carboxylic acid groups (broad SMARTS) is 1. The maximum Gasteiger partial charge on any atom is 0.335 e. The Balaban J connectivity index is 1.71. The standard InChI is InChI=1S/C20H21ClN2O5S/c1-13-4-9-17(11-18(13)21)29(27,28)23-10-2-3-15(12-23)19(24)22-16-7-5-14(6-8-16)20(25)26/h4-9,11,15H,2-3,10,12H2,1H3,(H,22,24)(H,25,26)/t15-/m0/s1. The molecule has 1 atom stereocenters. The number of aryl methyl sites for hydroxylation is 1. The SMILES string of the molecule is Cc1ccc(S(=O)(=O)N2CCC[C@H](C(=O)Nc3ccc(C(=O)O)cc3)C2)cc1Cl. The number of benzene rings is 2. The van der Waals surface area contributed by atoms with Gasteiger partial charge in [-0.2, -0.15) is 4.31 Å². The van der Waals surface area contributed by atoms with Crippen LogP contribution >= 0.6 is 11.6 Å². The number of halogens is 1. The van der Waals surface area contributed by atoms with Gasteiger partial charge in [-0.05, 0) is 61.7 Å². The van der Waals surface area contributed by atoms with Crippen molar-refractivity contribution in [2.75, 3.05) is 18.4 Å². The van der Waals surface area contributed by atoms with Crippen molar-refractivity contribution in [2.45, 2.75) is 24.7 Å². The van der Waals surface area contributed by atoms with E-state index in [0.29, 0.717) is 30.1 Å². The first-order valence-electron chi connectivity index (χ1n) is 9.09. The molecule has 1 saturated heterocycles. The zero-order chi connectivity index (χ0) is 21.2. The van der Waals surface area contributed by atoms with E-state index in [1.54, 1.807) is 13.0 Å². The second-order valence-corrected chi connectivity index (χ2v) is 9.33. The highest BCUT2D eigenvalue weighted by molar-refractivity contribution is 7.89. The lowest BCUT2D eigenvalue weighted by Gasteiger charge is -2.31. The molecule has 154 valence electrons. The van der Waals surface area contributed by atoms with E-state index in [-0.39, 0.29) is 22.9 Å². The molecule has 1 aliphatic heterocycles. The molecule has 0 aromatic heterocycles. The molecule has 0 spiro atoms. The number of carbonyl (C=O) groups is 2. The first-order chi connectivity index (χ1) is 13.7. The molecule has 2 aromatic rings. The summed E-state index contributed by atoms with van der Waals surface area (Å²) in [6, 6.07) is 10.4. The van der Waals surface area contributed by atoms with Gasteiger partial charge in [0.15, 0.2) is 0 Å². The molecule has 1 aliphatic rings. The Morgan fingerprint density at radius 1 is 1.17 bits per heavy atom. The number of sulfonamides is 1. The van der Waals surface area contributed by atoms with Gasteiger partial charge in [0.1, 0.15) is 0 Å². The number of piperidine rings is 1. The molecular formula is C20H21ClN2O5S. The Labute approximate surface area is 174 Å². The third-order valence-corrected chi connectivity index (χ3v) is 7.20. The third kappa shape index (κ3) is 4.77. The molecule has 2 aromatic carbocycles. The Kier molecular flexibility index (Phi) is 6.26. The monoisotopic (exact) mass is 436 g/mol. The second kappa shape index (κ2) is 8.52. The number of aromatic carboxylic acids is 1. The Morgan fingerprint density at radius 3 is 2.48 bits per heavy atom. The highest BCUT2D eigenvalue weighted by Gasteiger charge is 2.33. The molecule has 0 radical (unpaired) electrons. The van der Waals surface area contributed by atoms with Gasteiger partial charge in [0.25, 0.3) is 0 Å². The van der Waals surface area contributed by atoms with Crippen molar-refractivity contribution in [3.8, 4) is 0 Å². The van der Waals surface area contributed by atoms with E-state index in [2.05, 4.69) is 5.32 Å². The first-order valence-corrected chi connectivity index (χ1v) is 10.9. The van der Waals surface area contributed by atoms with Crippen LogP contribution in [0.25, 0.3) is 0 Å². The molecule has 1 amide bonds. The number of nitrogens with zero attached hydrogens (tertiary/aromatic N) is 1. The van der Waals surface area contributed by atoms with E-state index in [1.807, 2.05) is 0 Å². The van der Waals surface area contributed by atoms with Gasteiger partial charge in [-0.1, -0.05) is 17.7 Å². The molecule has 1 fully saturated rings. The van der Waals surface area contributed by atoms with E-state index in [1.165, 1.54) is 40.7 Å². The van der Waals surface area contributed by atoms with Gasteiger partial charge in [-0.3, -0.25) is 4.79 Å². The minimum absolute atomic E-state index is 0.0763. The number of hydrogen-bond donors (Lipinski definition) is 2. The van der Waals surface area contributed by atoms with Crippen molar-refractivity contribution in [1.29, 1.82) is 0 Å². The Bertz CT molecular complexity index is 1040. The van der Waals surface area contributed by atoms with E-state index < -0.39 is 21.9 Å². The van der Waals surface area contributed by atoms with Crippen LogP contribution in [0, 0.1) is 12.8 Å². The van der Waals surface area contributed by atoms with Crippen molar-refractivity contribution in [3.63, 3.8) is 0 Å². The van der Waals surface area contributed by atoms with Crippen LogP contribution in [0.1, 0.15) is 28.8 Å². The normalized spacial score (nSPS) is 17.7. The minimum atomic E-state index is -3.75. The quantitative estimate of drug-likeness (QED) is 0.747. The van der Waals surface area contributed by atoms with Gasteiger partial charge in [0.05, 0.1) is 16.4 Å². The zero-order valence-electron chi connectivity index (χ0n) is 15.8. The van der Waals surface area contributed by atoms with Gasteiger partial charge >= 0.3 is 5.97 Å². The molecule has 9 heteroatoms. The molecule has 0 saturated carbocycles. The average Bonchev–Trinajstić information content (AvgIpc) is 2.70. The fraction of sp³-hybridized carbons (Fsp3) is 0.300. The van der Waals surface area contributed by atoms with Gasteiger partial charge in [0.2, 0.25) is 15.9 Å². The molecule has 7 nitrogen and oxygen atoms in total. The van der Waals surface area contributed by atoms with E-state index in [9.17, 15) is 18.0 Å². The summed E-state index contributed by atoms with van der Waals surface area (Å²) in [5.41, 5.74) is 1.37. The summed E-state index contributed by atoms with van der Waals surface area (Å²) in [6.07, 6.45) is 1.13. The summed E-state index contributed by atoms with van der Waals surface area (Å²) in [6.45, 7) is 2.21. The lowest BCUT2D eigenvalue weighted by molar-refractivity contribution is -0.120. The molecule has 1 heterocycles. The predicted molar refractivity (Wildman–Crippen MR) is 110 cm³/mol. The largest absolute Gasteiger partial charge is 0.478 e. The number of rotatable bonds is 5. The number of anilines is 1. The highest BCUT2D eigenvalue weighted by atomic mass is 35.5. The number of carboxylic acids is 1. The van der Waals surface area contributed by atoms with Crippen LogP contribution in [-0.2, 0) is 14.8 Å². The smallest absolute Gasteiger partial charge is 0.335 e. The summed E-state index contributed by atoms with van der Waals surface area (Å²) in [7, 11) is -3.75. The lowest BCUT2D eigenvalue weighted by Crippen LogP contribution is -2.43. The number of carbonyl (C=O) groups excluding carboxylic acids is 1. The van der Waals surface area contributed by atoms with Crippen molar-refractivity contribution in [2.24, 2.45) is 5.92 Å². The van der Waals surface area contributed by atoms with Gasteiger partial charge < -0.3 is 10.4 Å². The summed E-state index contributed by atoms with van der Waals surface area (Å²) in [4.78, 5) is 23.6. The summed E-state index contributed by atoms with van der Waals surface area (Å²) in [5, 5.41) is 12.0. The topological polar surface area (TPSA) is 104 Å². The van der Waals surface area contributed by atoms with Crippen LogP contribution in [0.15, 0.2) is 47.4 Å². The van der Waals surface area contributed by atoms with Crippen molar-refractivity contribution >= 4 is 39.2 Å². The van der Waals surface area contributed by atoms with Crippen LogP contribution in [0.2, 0.25) is 5.02 Å². The van der Waals surface area contributed by atoms with Crippen molar-refractivity contribution in [1.82, 2.24) is 4.31 Å². The molecule has 0 aliphatic carbocycles. The summed E-state index contributed by atoms with van der Waals surface area (Å²) >= 11 is 6.08. The van der Waals surface area contributed by atoms with Crippen molar-refractivity contribution < 1.29 is 23.1 Å². The maximum atomic E-state index is 13.0. The van der Waals surface area contributed by atoms with Gasteiger partial charge in [-0.25, -0.2) is 13.2 Å². The van der Waals surface area contributed by atoms with E-state index >= 15 is 0 Å². The number of amides is 1. The predicted octanol–water partition coefficient (Wildman–Crippen LogP) is 3.39. The third-order valence-electron chi connectivity index (χ3n) is 4.94. The first kappa shape index (κ1) is 21.3. The lowest BCUT2D eigenvalue weighted by atomic mass is 9.98. The second-order valence-electron chi connectivity index (χ2n) is 6.98. The molecule has 0 unspecified atom stereocenters. The molecule has 3 rings (SSSR count). The molecular weight excluding hydrogens is 416 g/mol. The number of hydrogen-bond acceptors (Lipinski definition) is 4. The fourth-order valence-electron chi connectivity index (χ4n) is 3.20. The van der Waals surface area contributed by atoms with Crippen LogP contribution in [0.5, 0.6) is 0 Å². The van der Waals surface area contributed by atoms with Crippen LogP contribution in [-0.4, -0.2) is 42.8 Å². The average molecular weight is 437 g/mol. The van der Waals surface area contributed by atoms with Crippen molar-refractivity contribution in [3.05, 3.63) is 58.6 Å². The van der Waals surface area contributed by atoms with Crippen LogP contribution in [0.4, 0.5) is 5.69 Å². The minimum Gasteiger partial charge on any atom is -0.478 e. The number of nitrogens with one attached hydrogen (secondary N) is 1. The fourth-order valence-corrected chi connectivity index (χ4v) is 4.99. The van der Waals surface area contributed by atoms with E-state index in [4.69, 9.17) is 16.7 Å². The molecule has 29 heavy (non-hydrogen) atoms. The molecule has 0 bridgehead atoms. The molecule has 2 N–H and O–H groups in total. The summed E-state index contributed by atoms with van der Waals surface area (Å²) < 4.78 is 27.2. The van der Waals surface area contributed by atoms with Gasteiger partial charge in [-0.15, -0.1) is 0 Å².